The van der Waals surface area contributed by atoms with Crippen LogP contribution in [0.25, 0.3) is 47.0 Å². The Morgan fingerprint density at radius 1 is 1.08 bits per heavy atom. The number of imidazole rings is 2. The Morgan fingerprint density at radius 3 is 2.69 bits per heavy atom. The summed E-state index contributed by atoms with van der Waals surface area (Å²) >= 11 is 3.58. The van der Waals surface area contributed by atoms with Gasteiger partial charge in [0.2, 0.25) is 5.91 Å². The van der Waals surface area contributed by atoms with Crippen LogP contribution < -0.4 is 5.32 Å². The van der Waals surface area contributed by atoms with Gasteiger partial charge in [-0.05, 0) is 54.8 Å². The Kier molecular flexibility index (Phi) is 5.82. The number of thiophene rings is 2. The number of amides is 2. The Labute approximate surface area is 231 Å². The van der Waals surface area contributed by atoms with E-state index < -0.39 is 6.09 Å². The number of carbonyl (C=O) groups is 2. The molecule has 6 aromatic rings. The lowest BCUT2D eigenvalue weighted by atomic mass is 10.1. The summed E-state index contributed by atoms with van der Waals surface area (Å²) in [7, 11) is 1.28. The number of aromatic nitrogens is 4. The van der Waals surface area contributed by atoms with Crippen LogP contribution in [-0.2, 0) is 9.53 Å². The number of likely N-dealkylation sites (tertiary alicyclic amines) is 1. The lowest BCUT2D eigenvalue weighted by Gasteiger charge is -2.23. The number of hydrogen-bond donors (Lipinski definition) is 2. The number of fused-ring (bicyclic) bond motifs is 3. The van der Waals surface area contributed by atoms with E-state index in [0.717, 1.165) is 40.8 Å². The molecule has 5 aromatic heterocycles. The number of H-pyrrole nitrogens is 1. The summed E-state index contributed by atoms with van der Waals surface area (Å²) in [6, 6.07) is 14.9. The molecule has 1 saturated heterocycles. The minimum Gasteiger partial charge on any atom is -0.453 e. The van der Waals surface area contributed by atoms with E-state index in [-0.39, 0.29) is 18.5 Å². The highest BCUT2D eigenvalue weighted by Gasteiger charge is 2.31. The van der Waals surface area contributed by atoms with Crippen LogP contribution in [0.5, 0.6) is 0 Å². The summed E-state index contributed by atoms with van der Waals surface area (Å²) in [4.78, 5) is 40.7. The first-order valence-corrected chi connectivity index (χ1v) is 14.3. The number of aromatic amines is 1. The number of methoxy groups -OCH3 is 1. The van der Waals surface area contributed by atoms with Crippen molar-refractivity contribution < 1.29 is 14.3 Å². The summed E-state index contributed by atoms with van der Waals surface area (Å²) in [5, 5.41) is 2.48. The first-order valence-electron chi connectivity index (χ1n) is 12.6. The first kappa shape index (κ1) is 23.9. The van der Waals surface area contributed by atoms with Gasteiger partial charge < -0.3 is 24.3 Å². The van der Waals surface area contributed by atoms with Crippen molar-refractivity contribution in [3.8, 4) is 20.9 Å². The number of nitrogens with zero attached hydrogens (tertiary/aromatic N) is 4. The fraction of sp³-hybridized carbons (Fsp3) is 0.214. The number of nitrogens with one attached hydrogen (secondary N) is 2. The van der Waals surface area contributed by atoms with E-state index in [4.69, 9.17) is 4.98 Å². The number of rotatable bonds is 5. The number of hydrogen-bond acceptors (Lipinski definition) is 7. The van der Waals surface area contributed by atoms with Gasteiger partial charge >= 0.3 is 6.09 Å². The predicted octanol–water partition coefficient (Wildman–Crippen LogP) is 5.84. The quantitative estimate of drug-likeness (QED) is 0.278. The Balaban J connectivity index is 1.13. The van der Waals surface area contributed by atoms with Crippen LogP contribution in [-0.4, -0.2) is 56.5 Å². The third-order valence-corrected chi connectivity index (χ3v) is 9.54. The lowest BCUT2D eigenvalue weighted by molar-refractivity contribution is -0.131. The fourth-order valence-corrected chi connectivity index (χ4v) is 7.60. The van der Waals surface area contributed by atoms with Gasteiger partial charge in [-0.15, -0.1) is 22.7 Å². The van der Waals surface area contributed by atoms with E-state index >= 15 is 0 Å². The Hall–Kier alpha value is -4.22. The van der Waals surface area contributed by atoms with Crippen LogP contribution in [0.4, 0.5) is 4.79 Å². The van der Waals surface area contributed by atoms with Crippen LogP contribution in [0.1, 0.15) is 24.6 Å². The van der Waals surface area contributed by atoms with Gasteiger partial charge in [-0.2, -0.15) is 0 Å². The highest BCUT2D eigenvalue weighted by molar-refractivity contribution is 7.31. The standard InChI is InChI=1S/C28H24N6O3S2/c1-37-28(36)29-12-27(35)34-8-2-3-21(34)20-14-33-13-17(5-7-26(33)32-20)23-11-25-24(39-23)10-22(38-25)16-4-6-18-19(9-16)31-15-30-18/h4-7,9-11,13-15,21H,2-3,8,12H2,1H3,(H,29,36)(H,30,31). The average Bonchev–Trinajstić information content (AvgIpc) is 3.76. The van der Waals surface area contributed by atoms with Crippen LogP contribution in [0, 0.1) is 0 Å². The van der Waals surface area contributed by atoms with Crippen molar-refractivity contribution in [1.29, 1.82) is 0 Å². The maximum Gasteiger partial charge on any atom is 0.407 e. The molecule has 0 radical (unpaired) electrons. The summed E-state index contributed by atoms with van der Waals surface area (Å²) in [6.07, 6.45) is 6.98. The molecule has 1 unspecified atom stereocenters. The van der Waals surface area contributed by atoms with E-state index in [1.54, 1.807) is 33.9 Å². The third kappa shape index (κ3) is 4.33. The molecule has 11 heteroatoms. The van der Waals surface area contributed by atoms with E-state index in [9.17, 15) is 9.59 Å². The molecule has 196 valence electrons. The second-order valence-corrected chi connectivity index (χ2v) is 11.7. The molecule has 2 amide bonds. The zero-order chi connectivity index (χ0) is 26.5. The molecule has 1 aromatic carbocycles. The molecule has 1 aliphatic heterocycles. The largest absolute Gasteiger partial charge is 0.453 e. The van der Waals surface area contributed by atoms with Gasteiger partial charge in [-0.1, -0.05) is 6.07 Å². The highest BCUT2D eigenvalue weighted by atomic mass is 32.1. The van der Waals surface area contributed by atoms with Crippen LogP contribution in [0.15, 0.2) is 61.2 Å². The summed E-state index contributed by atoms with van der Waals surface area (Å²) < 4.78 is 9.14. The van der Waals surface area contributed by atoms with Gasteiger partial charge in [-0.3, -0.25) is 4.79 Å². The van der Waals surface area contributed by atoms with Crippen molar-refractivity contribution >= 4 is 60.8 Å². The highest BCUT2D eigenvalue weighted by Crippen LogP contribution is 2.42. The number of pyridine rings is 1. The van der Waals surface area contributed by atoms with Crippen molar-refractivity contribution in [2.45, 2.75) is 18.9 Å². The topological polar surface area (TPSA) is 105 Å². The monoisotopic (exact) mass is 556 g/mol. The van der Waals surface area contributed by atoms with E-state index in [2.05, 4.69) is 62.6 Å². The molecule has 1 fully saturated rings. The second-order valence-electron chi connectivity index (χ2n) is 9.52. The molecular weight excluding hydrogens is 532 g/mol. The zero-order valence-corrected chi connectivity index (χ0v) is 22.6. The molecule has 6 heterocycles. The van der Waals surface area contributed by atoms with Gasteiger partial charge in [0.05, 0.1) is 36.2 Å². The molecule has 0 aliphatic carbocycles. The molecule has 0 bridgehead atoms. The van der Waals surface area contributed by atoms with Gasteiger partial charge in [0.25, 0.3) is 0 Å². The van der Waals surface area contributed by atoms with Crippen molar-refractivity contribution in [1.82, 2.24) is 29.6 Å². The van der Waals surface area contributed by atoms with Gasteiger partial charge in [0, 0.05) is 43.7 Å². The first-order chi connectivity index (χ1) is 19.1. The third-order valence-electron chi connectivity index (χ3n) is 7.15. The second kappa shape index (κ2) is 9.51. The molecule has 9 nitrogen and oxygen atoms in total. The summed E-state index contributed by atoms with van der Waals surface area (Å²) in [6.45, 7) is 0.560. The van der Waals surface area contributed by atoms with Gasteiger partial charge in [0.15, 0.2) is 0 Å². The van der Waals surface area contributed by atoms with Crippen molar-refractivity contribution in [3.63, 3.8) is 0 Å². The predicted molar refractivity (Wildman–Crippen MR) is 153 cm³/mol. The van der Waals surface area contributed by atoms with Crippen molar-refractivity contribution in [2.75, 3.05) is 20.2 Å². The zero-order valence-electron chi connectivity index (χ0n) is 21.0. The summed E-state index contributed by atoms with van der Waals surface area (Å²) in [5.74, 6) is -0.136. The summed E-state index contributed by atoms with van der Waals surface area (Å²) in [5.41, 5.74) is 6.02. The van der Waals surface area contributed by atoms with Crippen LogP contribution in [0.2, 0.25) is 0 Å². The maximum absolute atomic E-state index is 12.7. The van der Waals surface area contributed by atoms with Gasteiger partial charge in [-0.25, -0.2) is 14.8 Å². The van der Waals surface area contributed by atoms with E-state index in [1.165, 1.54) is 31.8 Å². The number of benzene rings is 1. The maximum atomic E-state index is 12.7. The fourth-order valence-electron chi connectivity index (χ4n) is 5.22. The normalized spacial score (nSPS) is 15.5. The minimum absolute atomic E-state index is 0.0878. The molecule has 0 spiro atoms. The number of ether oxygens (including phenoxy) is 1. The molecule has 2 N–H and O–H groups in total. The van der Waals surface area contributed by atoms with Crippen LogP contribution >= 0.6 is 22.7 Å². The molecule has 39 heavy (non-hydrogen) atoms. The molecule has 0 saturated carbocycles. The lowest BCUT2D eigenvalue weighted by Crippen LogP contribution is -2.39. The van der Waals surface area contributed by atoms with Crippen molar-refractivity contribution in [3.05, 3.63) is 66.9 Å². The molecular formula is C28H24N6O3S2. The Bertz CT molecular complexity index is 1830. The van der Waals surface area contributed by atoms with Crippen LogP contribution in [0.3, 0.4) is 0 Å². The Morgan fingerprint density at radius 2 is 1.87 bits per heavy atom. The van der Waals surface area contributed by atoms with Gasteiger partial charge in [0.1, 0.15) is 12.2 Å². The average molecular weight is 557 g/mol. The number of carbonyl (C=O) groups excluding carboxylic acids is 2. The molecule has 1 atom stereocenters. The molecule has 1 aliphatic rings. The smallest absolute Gasteiger partial charge is 0.407 e. The van der Waals surface area contributed by atoms with E-state index in [1.807, 2.05) is 16.7 Å². The number of alkyl carbamates (subject to hydrolysis) is 1. The molecule has 7 rings (SSSR count). The minimum atomic E-state index is -0.612. The van der Waals surface area contributed by atoms with E-state index in [0.29, 0.717) is 6.54 Å². The van der Waals surface area contributed by atoms with Crippen molar-refractivity contribution in [2.24, 2.45) is 0 Å². The SMILES string of the molecule is COC(=O)NCC(=O)N1CCCC1c1cn2cc(-c3cc4sc(-c5ccc6[nH]cnc6c5)cc4s3)ccc2n1.